The van der Waals surface area contributed by atoms with Crippen molar-refractivity contribution in [3.8, 4) is 17.6 Å². The van der Waals surface area contributed by atoms with Gasteiger partial charge < -0.3 is 28.4 Å². The molecule has 1 heterocycles. The molecule has 1 aromatic carbocycles. The third-order valence-corrected chi connectivity index (χ3v) is 3.59. The van der Waals surface area contributed by atoms with Crippen LogP contribution in [0.4, 0.5) is 0 Å². The van der Waals surface area contributed by atoms with Crippen molar-refractivity contribution in [1.29, 1.82) is 5.26 Å². The molecule has 8 nitrogen and oxygen atoms in total. The molecule has 8 heteroatoms. The Kier molecular flexibility index (Phi) is 9.58. The lowest BCUT2D eigenvalue weighted by Crippen LogP contribution is -2.42. The number of ether oxygens (including phenoxy) is 6. The normalized spacial score (nSPS) is 23.9. The van der Waals surface area contributed by atoms with Gasteiger partial charge in [-0.05, 0) is 12.1 Å². The molecule has 1 aliphatic rings. The highest BCUT2D eigenvalue weighted by atomic mass is 16.6. The van der Waals surface area contributed by atoms with Crippen LogP contribution in [0.3, 0.4) is 0 Å². The molecule has 0 aromatic heterocycles. The second-order valence-corrected chi connectivity index (χ2v) is 5.68. The molecular formula is C19H26N2O6. The molecule has 1 aliphatic heterocycles. The molecule has 0 saturated heterocycles. The van der Waals surface area contributed by atoms with E-state index in [1.165, 1.54) is 6.21 Å². The minimum atomic E-state index is -1.36. The molecule has 0 N–H and O–H groups in total. The summed E-state index contributed by atoms with van der Waals surface area (Å²) in [5.41, 5.74) is -1.36. The van der Waals surface area contributed by atoms with Crippen molar-refractivity contribution < 1.29 is 28.4 Å². The molecule has 0 amide bonds. The van der Waals surface area contributed by atoms with Crippen LogP contribution in [0, 0.1) is 11.3 Å². The van der Waals surface area contributed by atoms with Crippen molar-refractivity contribution in [3.05, 3.63) is 24.3 Å². The van der Waals surface area contributed by atoms with Gasteiger partial charge in [0.15, 0.2) is 11.5 Å². The summed E-state index contributed by atoms with van der Waals surface area (Å²) in [7, 11) is 1.58. The van der Waals surface area contributed by atoms with Gasteiger partial charge in [0, 0.05) is 7.05 Å². The van der Waals surface area contributed by atoms with Crippen LogP contribution in [0.2, 0.25) is 0 Å². The smallest absolute Gasteiger partial charge is 0.252 e. The van der Waals surface area contributed by atoms with Gasteiger partial charge >= 0.3 is 0 Å². The third-order valence-electron chi connectivity index (χ3n) is 3.59. The van der Waals surface area contributed by atoms with E-state index in [4.69, 9.17) is 28.4 Å². The zero-order chi connectivity index (χ0) is 19.2. The largest absolute Gasteiger partial charge is 0.487 e. The topological polar surface area (TPSA) is 91.5 Å². The first kappa shape index (κ1) is 21.1. The van der Waals surface area contributed by atoms with E-state index < -0.39 is 5.60 Å². The third kappa shape index (κ3) is 7.53. The maximum atomic E-state index is 9.70. The number of hydrogen-bond acceptors (Lipinski definition) is 8. The molecule has 0 fully saturated rings. The zero-order valence-corrected chi connectivity index (χ0v) is 15.6. The predicted octanol–water partition coefficient (Wildman–Crippen LogP) is 1.49. The summed E-state index contributed by atoms with van der Waals surface area (Å²) in [5, 5.41) is 9.70. The molecule has 0 saturated carbocycles. The number of fused-ring (bicyclic) bond motifs is 1. The van der Waals surface area contributed by atoms with Gasteiger partial charge in [-0.15, -0.1) is 0 Å². The summed E-state index contributed by atoms with van der Waals surface area (Å²) in [6.45, 7) is 3.43. The Morgan fingerprint density at radius 2 is 1.44 bits per heavy atom. The Bertz CT molecular complexity index is 618. The van der Waals surface area contributed by atoms with Gasteiger partial charge in [-0.3, -0.25) is 4.99 Å². The molecular weight excluding hydrogens is 352 g/mol. The van der Waals surface area contributed by atoms with Crippen LogP contribution >= 0.6 is 0 Å². The van der Waals surface area contributed by atoms with E-state index in [1.54, 1.807) is 19.2 Å². The standard InChI is InChI=1S/C19H26N2O6/c1-21-15-19(14-20)16-25-11-10-23-7-6-22-8-9-24-12-13-26-17-4-2-3-5-18(17)27-19/h2-5,15H,6-13,16H2,1H3. The predicted molar refractivity (Wildman–Crippen MR) is 98.6 cm³/mol. The van der Waals surface area contributed by atoms with Gasteiger partial charge in [-0.1, -0.05) is 12.1 Å². The molecule has 2 rings (SSSR count). The molecule has 148 valence electrons. The Labute approximate surface area is 159 Å². The lowest BCUT2D eigenvalue weighted by molar-refractivity contribution is -0.0175. The van der Waals surface area contributed by atoms with Gasteiger partial charge in [0.1, 0.15) is 19.3 Å². The average molecular weight is 378 g/mol. The van der Waals surface area contributed by atoms with E-state index in [2.05, 4.69) is 11.1 Å². The van der Waals surface area contributed by atoms with Crippen molar-refractivity contribution in [2.75, 3.05) is 66.5 Å². The number of benzene rings is 1. The fourth-order valence-corrected chi connectivity index (χ4v) is 2.33. The quantitative estimate of drug-likeness (QED) is 0.684. The van der Waals surface area contributed by atoms with Crippen LogP contribution in [0.5, 0.6) is 11.5 Å². The zero-order valence-electron chi connectivity index (χ0n) is 15.6. The monoisotopic (exact) mass is 378 g/mol. The first-order valence-electron chi connectivity index (χ1n) is 8.86. The first-order chi connectivity index (χ1) is 13.3. The minimum absolute atomic E-state index is 0.0120. The summed E-state index contributed by atoms with van der Waals surface area (Å²) in [6, 6.07) is 9.29. The Balaban J connectivity index is 2.11. The summed E-state index contributed by atoms with van der Waals surface area (Å²) >= 11 is 0. The summed E-state index contributed by atoms with van der Waals surface area (Å²) in [5.74, 6) is 0.953. The SMILES string of the molecule is CN=CC1(C#N)COCCOCCOCCOCCOc2ccccc2O1. The van der Waals surface area contributed by atoms with Crippen molar-refractivity contribution in [3.63, 3.8) is 0 Å². The Morgan fingerprint density at radius 3 is 2.04 bits per heavy atom. The van der Waals surface area contributed by atoms with Crippen LogP contribution in [-0.2, 0) is 18.9 Å². The molecule has 0 bridgehead atoms. The highest BCUT2D eigenvalue weighted by Crippen LogP contribution is 2.29. The number of para-hydroxylation sites is 2. The van der Waals surface area contributed by atoms with E-state index in [0.717, 1.165) is 0 Å². The number of rotatable bonds is 1. The van der Waals surface area contributed by atoms with Crippen LogP contribution in [-0.4, -0.2) is 78.3 Å². The summed E-state index contributed by atoms with van der Waals surface area (Å²) in [4.78, 5) is 3.97. The maximum absolute atomic E-state index is 9.70. The molecule has 1 aromatic rings. The number of aliphatic imine (C=N–C) groups is 1. The highest BCUT2D eigenvalue weighted by Gasteiger charge is 2.32. The van der Waals surface area contributed by atoms with Crippen LogP contribution in [0.25, 0.3) is 0 Å². The van der Waals surface area contributed by atoms with E-state index in [1.807, 2.05) is 12.1 Å². The van der Waals surface area contributed by atoms with Crippen molar-refractivity contribution in [1.82, 2.24) is 0 Å². The molecule has 27 heavy (non-hydrogen) atoms. The van der Waals surface area contributed by atoms with Crippen molar-refractivity contribution in [2.24, 2.45) is 4.99 Å². The van der Waals surface area contributed by atoms with Crippen molar-refractivity contribution in [2.45, 2.75) is 5.60 Å². The van der Waals surface area contributed by atoms with E-state index in [0.29, 0.717) is 64.4 Å². The van der Waals surface area contributed by atoms with Gasteiger partial charge in [0.25, 0.3) is 5.60 Å². The van der Waals surface area contributed by atoms with Crippen LogP contribution < -0.4 is 9.47 Å². The van der Waals surface area contributed by atoms with E-state index >= 15 is 0 Å². The molecule has 1 unspecified atom stereocenters. The second kappa shape index (κ2) is 12.3. The number of hydrogen-bond donors (Lipinski definition) is 0. The van der Waals surface area contributed by atoms with Gasteiger partial charge in [0.2, 0.25) is 0 Å². The van der Waals surface area contributed by atoms with Crippen molar-refractivity contribution >= 4 is 6.21 Å². The second-order valence-electron chi connectivity index (χ2n) is 5.68. The molecule has 1 atom stereocenters. The molecule has 0 aliphatic carbocycles. The van der Waals surface area contributed by atoms with E-state index in [9.17, 15) is 5.26 Å². The minimum Gasteiger partial charge on any atom is -0.487 e. The molecule has 0 radical (unpaired) electrons. The lowest BCUT2D eigenvalue weighted by Gasteiger charge is -2.25. The summed E-state index contributed by atoms with van der Waals surface area (Å²) in [6.07, 6.45) is 1.43. The summed E-state index contributed by atoms with van der Waals surface area (Å²) < 4.78 is 33.6. The fourth-order valence-electron chi connectivity index (χ4n) is 2.33. The maximum Gasteiger partial charge on any atom is 0.252 e. The molecule has 0 spiro atoms. The van der Waals surface area contributed by atoms with Gasteiger partial charge in [0.05, 0.1) is 52.5 Å². The van der Waals surface area contributed by atoms with Gasteiger partial charge in [-0.25, -0.2) is 0 Å². The van der Waals surface area contributed by atoms with Crippen LogP contribution in [0.1, 0.15) is 0 Å². The Hall–Kier alpha value is -2.18. The number of nitriles is 1. The first-order valence-corrected chi connectivity index (χ1v) is 8.86. The number of nitrogens with zero attached hydrogens (tertiary/aromatic N) is 2. The van der Waals surface area contributed by atoms with Crippen LogP contribution in [0.15, 0.2) is 29.3 Å². The highest BCUT2D eigenvalue weighted by molar-refractivity contribution is 5.74. The van der Waals surface area contributed by atoms with Gasteiger partial charge in [-0.2, -0.15) is 5.26 Å². The Morgan fingerprint density at radius 1 is 0.889 bits per heavy atom. The van der Waals surface area contributed by atoms with E-state index in [-0.39, 0.29) is 6.61 Å². The lowest BCUT2D eigenvalue weighted by atomic mass is 10.1. The average Bonchev–Trinajstić information content (AvgIpc) is 2.68. The fraction of sp³-hybridized carbons (Fsp3) is 0.579.